The highest BCUT2D eigenvalue weighted by molar-refractivity contribution is 6.33. The molecule has 16 heavy (non-hydrogen) atoms. The first kappa shape index (κ1) is 13.0. The van der Waals surface area contributed by atoms with Crippen LogP contribution in [0.4, 0.5) is 5.69 Å². The van der Waals surface area contributed by atoms with Crippen LogP contribution in [0.25, 0.3) is 0 Å². The molecule has 0 radical (unpaired) electrons. The molecule has 0 unspecified atom stereocenters. The Balaban J connectivity index is 2.52. The van der Waals surface area contributed by atoms with E-state index in [-0.39, 0.29) is 12.5 Å². The van der Waals surface area contributed by atoms with Gasteiger partial charge in [0, 0.05) is 13.0 Å². The molecule has 88 valence electrons. The lowest BCUT2D eigenvalue weighted by Gasteiger charge is -2.07. The summed E-state index contributed by atoms with van der Waals surface area (Å²) < 4.78 is 0. The van der Waals surface area contributed by atoms with Gasteiger partial charge in [-0.15, -0.1) is 0 Å². The molecule has 0 aliphatic heterocycles. The largest absolute Gasteiger partial charge is 0.396 e. The number of unbranched alkanes of at least 4 members (excludes halogenated alkanes) is 1. The molecule has 0 heterocycles. The van der Waals surface area contributed by atoms with E-state index >= 15 is 0 Å². The zero-order valence-corrected chi connectivity index (χ0v) is 10.0. The smallest absolute Gasteiger partial charge is 0.224 e. The lowest BCUT2D eigenvalue weighted by Crippen LogP contribution is -2.11. The van der Waals surface area contributed by atoms with E-state index in [1.807, 2.05) is 19.1 Å². The van der Waals surface area contributed by atoms with Gasteiger partial charge < -0.3 is 10.4 Å². The molecule has 1 aromatic carbocycles. The Morgan fingerprint density at radius 2 is 2.19 bits per heavy atom. The van der Waals surface area contributed by atoms with Crippen LogP contribution >= 0.6 is 11.6 Å². The molecule has 0 bridgehead atoms. The molecule has 0 fully saturated rings. The number of anilines is 1. The van der Waals surface area contributed by atoms with Crippen molar-refractivity contribution < 1.29 is 9.90 Å². The average Bonchev–Trinajstić information content (AvgIpc) is 2.24. The number of benzene rings is 1. The van der Waals surface area contributed by atoms with Gasteiger partial charge in [-0.2, -0.15) is 0 Å². The van der Waals surface area contributed by atoms with Gasteiger partial charge >= 0.3 is 0 Å². The number of carbonyl (C=O) groups is 1. The molecule has 0 aromatic heterocycles. The fraction of sp³-hybridized carbons (Fsp3) is 0.417. The summed E-state index contributed by atoms with van der Waals surface area (Å²) in [5, 5.41) is 11.9. The molecule has 2 N–H and O–H groups in total. The number of aliphatic hydroxyl groups excluding tert-OH is 1. The van der Waals surface area contributed by atoms with E-state index in [1.54, 1.807) is 6.07 Å². The van der Waals surface area contributed by atoms with Crippen molar-refractivity contribution in [2.45, 2.75) is 26.2 Å². The maximum atomic E-state index is 11.5. The van der Waals surface area contributed by atoms with Crippen LogP contribution in [0.3, 0.4) is 0 Å². The summed E-state index contributed by atoms with van der Waals surface area (Å²) in [5.74, 6) is -0.0686. The van der Waals surface area contributed by atoms with Crippen LogP contribution in [-0.4, -0.2) is 17.6 Å². The third kappa shape index (κ3) is 4.21. The quantitative estimate of drug-likeness (QED) is 0.779. The Bertz CT molecular complexity index is 366. The van der Waals surface area contributed by atoms with Gasteiger partial charge in [0.25, 0.3) is 0 Å². The lowest BCUT2D eigenvalue weighted by molar-refractivity contribution is -0.116. The zero-order chi connectivity index (χ0) is 12.0. The minimum atomic E-state index is -0.0686. The maximum Gasteiger partial charge on any atom is 0.224 e. The fourth-order valence-electron chi connectivity index (χ4n) is 1.34. The molecule has 0 aliphatic rings. The molecule has 0 atom stereocenters. The number of amides is 1. The second kappa shape index (κ2) is 6.51. The SMILES string of the molecule is Cc1ccc(Cl)c(NC(=O)CCCCO)c1. The highest BCUT2D eigenvalue weighted by atomic mass is 35.5. The summed E-state index contributed by atoms with van der Waals surface area (Å²) in [7, 11) is 0. The van der Waals surface area contributed by atoms with E-state index in [0.717, 1.165) is 5.56 Å². The summed E-state index contributed by atoms with van der Waals surface area (Å²) in [6.07, 6.45) is 1.74. The zero-order valence-electron chi connectivity index (χ0n) is 9.29. The van der Waals surface area contributed by atoms with Crippen LogP contribution in [0.1, 0.15) is 24.8 Å². The van der Waals surface area contributed by atoms with E-state index in [4.69, 9.17) is 16.7 Å². The molecule has 0 saturated carbocycles. The normalized spacial score (nSPS) is 10.2. The van der Waals surface area contributed by atoms with Crippen LogP contribution in [0.2, 0.25) is 5.02 Å². The summed E-state index contributed by atoms with van der Waals surface area (Å²) in [6, 6.07) is 5.50. The van der Waals surface area contributed by atoms with Crippen LogP contribution in [0.5, 0.6) is 0 Å². The molecule has 0 saturated heterocycles. The number of rotatable bonds is 5. The van der Waals surface area contributed by atoms with Crippen LogP contribution < -0.4 is 5.32 Å². The minimum absolute atomic E-state index is 0.0686. The number of halogens is 1. The average molecular weight is 242 g/mol. The fourth-order valence-corrected chi connectivity index (χ4v) is 1.51. The van der Waals surface area contributed by atoms with E-state index < -0.39 is 0 Å². The molecule has 1 aromatic rings. The Morgan fingerprint density at radius 1 is 1.44 bits per heavy atom. The van der Waals surface area contributed by atoms with Gasteiger partial charge in [0.05, 0.1) is 10.7 Å². The van der Waals surface area contributed by atoms with Crippen molar-refractivity contribution in [1.82, 2.24) is 0 Å². The summed E-state index contributed by atoms with van der Waals surface area (Å²) in [4.78, 5) is 11.5. The monoisotopic (exact) mass is 241 g/mol. The van der Waals surface area contributed by atoms with Crippen molar-refractivity contribution >= 4 is 23.2 Å². The van der Waals surface area contributed by atoms with E-state index in [2.05, 4.69) is 5.32 Å². The number of hydrogen-bond acceptors (Lipinski definition) is 2. The van der Waals surface area contributed by atoms with Gasteiger partial charge in [0.1, 0.15) is 0 Å². The first-order chi connectivity index (χ1) is 7.63. The number of nitrogens with one attached hydrogen (secondary N) is 1. The third-order valence-electron chi connectivity index (χ3n) is 2.21. The summed E-state index contributed by atoms with van der Waals surface area (Å²) in [6.45, 7) is 2.07. The van der Waals surface area contributed by atoms with E-state index in [1.165, 1.54) is 0 Å². The van der Waals surface area contributed by atoms with E-state index in [0.29, 0.717) is 30.0 Å². The van der Waals surface area contributed by atoms with Gasteiger partial charge in [-0.25, -0.2) is 0 Å². The predicted octanol–water partition coefficient (Wildman–Crippen LogP) is 2.75. The van der Waals surface area contributed by atoms with Crippen molar-refractivity contribution in [3.63, 3.8) is 0 Å². The summed E-state index contributed by atoms with van der Waals surface area (Å²) in [5.41, 5.74) is 1.70. The number of hydrogen-bond donors (Lipinski definition) is 2. The molecular weight excluding hydrogens is 226 g/mol. The molecule has 3 nitrogen and oxygen atoms in total. The van der Waals surface area contributed by atoms with Crippen molar-refractivity contribution in [2.75, 3.05) is 11.9 Å². The number of aliphatic hydroxyl groups is 1. The Hall–Kier alpha value is -1.06. The number of aryl methyl sites for hydroxylation is 1. The minimum Gasteiger partial charge on any atom is -0.396 e. The predicted molar refractivity (Wildman–Crippen MR) is 65.8 cm³/mol. The first-order valence-electron chi connectivity index (χ1n) is 5.30. The Morgan fingerprint density at radius 3 is 2.88 bits per heavy atom. The number of carbonyl (C=O) groups excluding carboxylic acids is 1. The Kier molecular flexibility index (Phi) is 5.29. The van der Waals surface area contributed by atoms with Gasteiger partial charge in [-0.1, -0.05) is 17.7 Å². The molecule has 0 aliphatic carbocycles. The summed E-state index contributed by atoms with van der Waals surface area (Å²) >= 11 is 5.95. The lowest BCUT2D eigenvalue weighted by atomic mass is 10.2. The van der Waals surface area contributed by atoms with Gasteiger partial charge in [0.15, 0.2) is 0 Å². The molecule has 4 heteroatoms. The van der Waals surface area contributed by atoms with Crippen LogP contribution in [0.15, 0.2) is 18.2 Å². The van der Waals surface area contributed by atoms with Crippen molar-refractivity contribution in [3.8, 4) is 0 Å². The second-order valence-electron chi connectivity index (χ2n) is 3.71. The standard InChI is InChI=1S/C12H16ClNO2/c1-9-5-6-10(13)11(8-9)14-12(16)4-2-3-7-15/h5-6,8,15H,2-4,7H2,1H3,(H,14,16). The van der Waals surface area contributed by atoms with Gasteiger partial charge in [0.2, 0.25) is 5.91 Å². The molecule has 0 spiro atoms. The molecule has 1 amide bonds. The highest BCUT2D eigenvalue weighted by Crippen LogP contribution is 2.22. The highest BCUT2D eigenvalue weighted by Gasteiger charge is 2.05. The van der Waals surface area contributed by atoms with Gasteiger partial charge in [-0.05, 0) is 37.5 Å². The maximum absolute atomic E-state index is 11.5. The van der Waals surface area contributed by atoms with Crippen molar-refractivity contribution in [3.05, 3.63) is 28.8 Å². The molecular formula is C12H16ClNO2. The van der Waals surface area contributed by atoms with Crippen molar-refractivity contribution in [1.29, 1.82) is 0 Å². The molecule has 1 rings (SSSR count). The van der Waals surface area contributed by atoms with Crippen molar-refractivity contribution in [2.24, 2.45) is 0 Å². The topological polar surface area (TPSA) is 49.3 Å². The Labute approximate surface area is 100 Å². The van der Waals surface area contributed by atoms with Gasteiger partial charge in [-0.3, -0.25) is 4.79 Å². The van der Waals surface area contributed by atoms with Crippen LogP contribution in [-0.2, 0) is 4.79 Å². The first-order valence-corrected chi connectivity index (χ1v) is 5.68. The third-order valence-corrected chi connectivity index (χ3v) is 2.54. The second-order valence-corrected chi connectivity index (χ2v) is 4.12. The van der Waals surface area contributed by atoms with E-state index in [9.17, 15) is 4.79 Å². The van der Waals surface area contributed by atoms with Crippen LogP contribution in [0, 0.1) is 6.92 Å².